The van der Waals surface area contributed by atoms with Crippen molar-refractivity contribution in [1.82, 2.24) is 0 Å². The molecule has 0 atom stereocenters. The Morgan fingerprint density at radius 3 is 2.71 bits per heavy atom. The van der Waals surface area contributed by atoms with Crippen LogP contribution < -0.4 is 5.32 Å². The maximum absolute atomic E-state index is 10.9. The summed E-state index contributed by atoms with van der Waals surface area (Å²) in [6, 6.07) is 14.5. The molecule has 0 unspecified atom stereocenters. The molecule has 0 saturated carbocycles. The van der Waals surface area contributed by atoms with Gasteiger partial charge in [0.1, 0.15) is 6.07 Å². The summed E-state index contributed by atoms with van der Waals surface area (Å²) in [6.07, 6.45) is 0.524. The molecule has 0 fully saturated rings. The molecular weight excluding hydrogens is 266 g/mol. The SMILES string of the molecule is Cc1cccc(NCCc2ccccc2[N+](=O)[O-])c1C#N. The van der Waals surface area contributed by atoms with Crippen LogP contribution >= 0.6 is 0 Å². The number of anilines is 1. The second-order valence-electron chi connectivity index (χ2n) is 4.67. The molecule has 0 heterocycles. The lowest BCUT2D eigenvalue weighted by Crippen LogP contribution is -2.08. The van der Waals surface area contributed by atoms with E-state index in [0.717, 1.165) is 11.3 Å². The second kappa shape index (κ2) is 6.53. The highest BCUT2D eigenvalue weighted by Gasteiger charge is 2.12. The molecule has 0 aromatic heterocycles. The quantitative estimate of drug-likeness (QED) is 0.672. The maximum Gasteiger partial charge on any atom is 0.272 e. The highest BCUT2D eigenvalue weighted by molar-refractivity contribution is 5.60. The highest BCUT2D eigenvalue weighted by Crippen LogP contribution is 2.20. The molecule has 5 heteroatoms. The van der Waals surface area contributed by atoms with Crippen LogP contribution in [0.1, 0.15) is 16.7 Å². The van der Waals surface area contributed by atoms with Gasteiger partial charge in [-0.1, -0.05) is 30.3 Å². The number of nitrogens with zero attached hydrogens (tertiary/aromatic N) is 2. The van der Waals surface area contributed by atoms with E-state index in [-0.39, 0.29) is 10.6 Å². The average Bonchev–Trinajstić information content (AvgIpc) is 2.48. The standard InChI is InChI=1S/C16H15N3O2/c1-12-5-4-7-15(14(12)11-17)18-10-9-13-6-2-3-8-16(13)19(20)21/h2-8,18H,9-10H2,1H3. The van der Waals surface area contributed by atoms with Crippen molar-refractivity contribution in [3.63, 3.8) is 0 Å². The predicted molar refractivity (Wildman–Crippen MR) is 81.2 cm³/mol. The molecule has 2 aromatic carbocycles. The summed E-state index contributed by atoms with van der Waals surface area (Å²) in [7, 11) is 0. The van der Waals surface area contributed by atoms with Crippen molar-refractivity contribution in [2.24, 2.45) is 0 Å². The summed E-state index contributed by atoms with van der Waals surface area (Å²) in [6.45, 7) is 2.41. The van der Waals surface area contributed by atoms with Gasteiger partial charge in [0.2, 0.25) is 0 Å². The van der Waals surface area contributed by atoms with E-state index >= 15 is 0 Å². The Kier molecular flexibility index (Phi) is 4.52. The van der Waals surface area contributed by atoms with Crippen LogP contribution in [0.4, 0.5) is 11.4 Å². The van der Waals surface area contributed by atoms with E-state index in [0.29, 0.717) is 24.1 Å². The first-order valence-corrected chi connectivity index (χ1v) is 6.59. The van der Waals surface area contributed by atoms with E-state index in [1.165, 1.54) is 6.07 Å². The van der Waals surface area contributed by atoms with Gasteiger partial charge in [0.15, 0.2) is 0 Å². The fourth-order valence-corrected chi connectivity index (χ4v) is 2.20. The summed E-state index contributed by atoms with van der Waals surface area (Å²) in [5, 5.41) is 23.3. The number of nitrogens with one attached hydrogen (secondary N) is 1. The zero-order chi connectivity index (χ0) is 15.2. The molecule has 0 aliphatic carbocycles. The zero-order valence-corrected chi connectivity index (χ0v) is 11.7. The average molecular weight is 281 g/mol. The number of hydrogen-bond acceptors (Lipinski definition) is 4. The predicted octanol–water partition coefficient (Wildman–Crippen LogP) is 3.43. The minimum absolute atomic E-state index is 0.129. The van der Waals surface area contributed by atoms with Crippen molar-refractivity contribution >= 4 is 11.4 Å². The molecule has 0 amide bonds. The zero-order valence-electron chi connectivity index (χ0n) is 11.7. The number of nitro benzene ring substituents is 1. The Labute approximate surface area is 123 Å². The first kappa shape index (κ1) is 14.5. The normalized spacial score (nSPS) is 9.90. The van der Waals surface area contributed by atoms with E-state index in [4.69, 9.17) is 5.26 Å². The molecule has 1 N–H and O–H groups in total. The number of nitro groups is 1. The molecule has 2 aromatic rings. The third-order valence-electron chi connectivity index (χ3n) is 3.28. The van der Waals surface area contributed by atoms with Gasteiger partial charge in [-0.15, -0.1) is 0 Å². The molecule has 0 aliphatic heterocycles. The van der Waals surface area contributed by atoms with Crippen LogP contribution in [0.15, 0.2) is 42.5 Å². The summed E-state index contributed by atoms with van der Waals surface area (Å²) >= 11 is 0. The lowest BCUT2D eigenvalue weighted by molar-refractivity contribution is -0.385. The summed E-state index contributed by atoms with van der Waals surface area (Å²) in [5.74, 6) is 0. The van der Waals surface area contributed by atoms with Crippen molar-refractivity contribution in [1.29, 1.82) is 5.26 Å². The molecule has 0 bridgehead atoms. The Balaban J connectivity index is 2.08. The van der Waals surface area contributed by atoms with Crippen molar-refractivity contribution in [2.45, 2.75) is 13.3 Å². The monoisotopic (exact) mass is 281 g/mol. The molecule has 0 radical (unpaired) electrons. The third kappa shape index (κ3) is 3.37. The number of rotatable bonds is 5. The second-order valence-corrected chi connectivity index (χ2v) is 4.67. The van der Waals surface area contributed by atoms with Crippen LogP contribution in [0.3, 0.4) is 0 Å². The van der Waals surface area contributed by atoms with Gasteiger partial charge in [0.25, 0.3) is 5.69 Å². The number of nitriles is 1. The van der Waals surface area contributed by atoms with Gasteiger partial charge in [-0.2, -0.15) is 5.26 Å². The molecule has 0 aliphatic rings. The summed E-state index contributed by atoms with van der Waals surface area (Å²) in [5.41, 5.74) is 3.09. The number of aryl methyl sites for hydroxylation is 1. The Morgan fingerprint density at radius 1 is 1.24 bits per heavy atom. The lowest BCUT2D eigenvalue weighted by atomic mass is 10.1. The smallest absolute Gasteiger partial charge is 0.272 e. The van der Waals surface area contributed by atoms with Crippen molar-refractivity contribution in [2.75, 3.05) is 11.9 Å². The van der Waals surface area contributed by atoms with Crippen LogP contribution in [0.2, 0.25) is 0 Å². The topological polar surface area (TPSA) is 79.0 Å². The van der Waals surface area contributed by atoms with Gasteiger partial charge >= 0.3 is 0 Å². The lowest BCUT2D eigenvalue weighted by Gasteiger charge is -2.10. The van der Waals surface area contributed by atoms with Crippen LogP contribution in [-0.4, -0.2) is 11.5 Å². The van der Waals surface area contributed by atoms with E-state index < -0.39 is 0 Å². The molecule has 5 nitrogen and oxygen atoms in total. The van der Waals surface area contributed by atoms with E-state index in [2.05, 4.69) is 11.4 Å². The van der Waals surface area contributed by atoms with Gasteiger partial charge in [0, 0.05) is 18.2 Å². The van der Waals surface area contributed by atoms with Crippen molar-refractivity contribution < 1.29 is 4.92 Å². The largest absolute Gasteiger partial charge is 0.384 e. The Hall–Kier alpha value is -2.87. The van der Waals surface area contributed by atoms with E-state index in [9.17, 15) is 10.1 Å². The summed E-state index contributed by atoms with van der Waals surface area (Å²) in [4.78, 5) is 10.6. The van der Waals surface area contributed by atoms with Gasteiger partial charge < -0.3 is 5.32 Å². The first-order chi connectivity index (χ1) is 10.1. The molecule has 106 valence electrons. The van der Waals surface area contributed by atoms with Gasteiger partial charge in [-0.25, -0.2) is 0 Å². The van der Waals surface area contributed by atoms with Crippen molar-refractivity contribution in [3.05, 3.63) is 69.3 Å². The number of benzene rings is 2. The Morgan fingerprint density at radius 2 is 2.00 bits per heavy atom. The fourth-order valence-electron chi connectivity index (χ4n) is 2.20. The first-order valence-electron chi connectivity index (χ1n) is 6.59. The molecule has 2 rings (SSSR count). The van der Waals surface area contributed by atoms with Crippen LogP contribution in [0.5, 0.6) is 0 Å². The van der Waals surface area contributed by atoms with Gasteiger partial charge in [0.05, 0.1) is 16.2 Å². The minimum Gasteiger partial charge on any atom is -0.384 e. The number of para-hydroxylation sites is 1. The molecular formula is C16H15N3O2. The van der Waals surface area contributed by atoms with Crippen LogP contribution in [0, 0.1) is 28.4 Å². The fraction of sp³-hybridized carbons (Fsp3) is 0.188. The maximum atomic E-state index is 10.9. The van der Waals surface area contributed by atoms with Crippen LogP contribution in [0.25, 0.3) is 0 Å². The van der Waals surface area contributed by atoms with Crippen molar-refractivity contribution in [3.8, 4) is 6.07 Å². The molecule has 0 spiro atoms. The summed E-state index contributed by atoms with van der Waals surface area (Å²) < 4.78 is 0. The van der Waals surface area contributed by atoms with E-state index in [1.807, 2.05) is 25.1 Å². The highest BCUT2D eigenvalue weighted by atomic mass is 16.6. The molecule has 0 saturated heterocycles. The van der Waals surface area contributed by atoms with Gasteiger partial charge in [-0.05, 0) is 25.0 Å². The third-order valence-corrected chi connectivity index (χ3v) is 3.28. The minimum atomic E-state index is -0.372. The Bertz CT molecular complexity index is 705. The molecule has 21 heavy (non-hydrogen) atoms. The van der Waals surface area contributed by atoms with E-state index in [1.54, 1.807) is 18.2 Å². The van der Waals surface area contributed by atoms with Crippen LogP contribution in [-0.2, 0) is 6.42 Å². The van der Waals surface area contributed by atoms with Gasteiger partial charge in [-0.3, -0.25) is 10.1 Å². The number of hydrogen-bond donors (Lipinski definition) is 1.